The monoisotopic (exact) mass is 1440 g/mol. The Morgan fingerprint density at radius 3 is 1.42 bits per heavy atom. The molecule has 1 saturated carbocycles. The summed E-state index contributed by atoms with van der Waals surface area (Å²) in [6, 6.07) is 51.8. The van der Waals surface area contributed by atoms with Crippen LogP contribution in [0.5, 0.6) is 23.1 Å². The fourth-order valence-electron chi connectivity index (χ4n) is 13.7. The van der Waals surface area contributed by atoms with E-state index in [1.165, 1.54) is 5.56 Å². The van der Waals surface area contributed by atoms with Gasteiger partial charge in [-0.3, -0.25) is 38.4 Å². The Hall–Kier alpha value is -9.26. The van der Waals surface area contributed by atoms with E-state index in [0.717, 1.165) is 126 Å². The van der Waals surface area contributed by atoms with Gasteiger partial charge in [-0.15, -0.1) is 0 Å². The number of carbonyl (C=O) groups excluding carboxylic acids is 8. The summed E-state index contributed by atoms with van der Waals surface area (Å²) in [4.78, 5) is 104. The van der Waals surface area contributed by atoms with Gasteiger partial charge in [0.25, 0.3) is 0 Å². The van der Waals surface area contributed by atoms with Gasteiger partial charge in [-0.1, -0.05) is 250 Å². The fourth-order valence-corrected chi connectivity index (χ4v) is 14.7. The smallest absolute Gasteiger partial charge is 0.222 e. The molecular formula is C94H109NO10S. The molecule has 1 aliphatic carbocycles. The number of ether oxygens (including phenoxy) is 2. The van der Waals surface area contributed by atoms with E-state index in [9.17, 15) is 38.4 Å². The third kappa shape index (κ3) is 21.7. The zero-order chi connectivity index (χ0) is 77.4. The van der Waals surface area contributed by atoms with Crippen molar-refractivity contribution in [1.82, 2.24) is 4.98 Å². The number of benzene rings is 7. The molecule has 12 heteroatoms. The van der Waals surface area contributed by atoms with Crippen molar-refractivity contribution < 1.29 is 47.8 Å². The molecule has 1 aromatic heterocycles. The maximum Gasteiger partial charge on any atom is 0.222 e. The number of fused-ring (bicyclic) bond motifs is 6. The molecule has 0 spiro atoms. The Kier molecular flexibility index (Phi) is 29.4. The minimum absolute atomic E-state index is 0.0168. The minimum atomic E-state index is -0.226. The van der Waals surface area contributed by atoms with Crippen molar-refractivity contribution in [3.8, 4) is 23.1 Å². The van der Waals surface area contributed by atoms with E-state index in [0.29, 0.717) is 48.2 Å². The number of rotatable bonds is 18. The first-order chi connectivity index (χ1) is 50.3. The predicted molar refractivity (Wildman–Crippen MR) is 429 cm³/mol. The van der Waals surface area contributed by atoms with Crippen LogP contribution in [0.1, 0.15) is 260 Å². The molecule has 0 saturated heterocycles. The molecule has 5 atom stereocenters. The molecule has 11 nitrogen and oxygen atoms in total. The summed E-state index contributed by atoms with van der Waals surface area (Å²) >= 11 is 1.64. The van der Waals surface area contributed by atoms with Crippen LogP contribution in [-0.4, -0.2) is 51.2 Å². The molecule has 8 aromatic rings. The van der Waals surface area contributed by atoms with Crippen molar-refractivity contribution in [3.05, 3.63) is 247 Å². The van der Waals surface area contributed by atoms with Gasteiger partial charge in [-0.25, -0.2) is 4.98 Å². The number of aryl methyl sites for hydroxylation is 1. The Labute approximate surface area is 634 Å². The van der Waals surface area contributed by atoms with Gasteiger partial charge in [-0.05, 0) is 143 Å². The number of hydrogen-bond donors (Lipinski definition) is 0. The van der Waals surface area contributed by atoms with Crippen molar-refractivity contribution in [2.45, 2.75) is 215 Å². The van der Waals surface area contributed by atoms with Gasteiger partial charge in [0, 0.05) is 118 Å². The number of nitrogens with zero attached hydrogens (tertiary/aromatic N) is 1. The van der Waals surface area contributed by atoms with Crippen LogP contribution in [0.15, 0.2) is 179 Å². The highest BCUT2D eigenvalue weighted by atomic mass is 32.2. The van der Waals surface area contributed by atoms with Crippen LogP contribution in [-0.2, 0) is 54.5 Å². The van der Waals surface area contributed by atoms with Gasteiger partial charge in [0.2, 0.25) is 5.88 Å². The van der Waals surface area contributed by atoms with Crippen molar-refractivity contribution in [3.63, 3.8) is 0 Å². The highest BCUT2D eigenvalue weighted by Crippen LogP contribution is 2.41. The molecule has 0 N–H and O–H groups in total. The molecule has 106 heavy (non-hydrogen) atoms. The third-order valence-electron chi connectivity index (χ3n) is 20.3. The molecule has 3 aliphatic heterocycles. The Morgan fingerprint density at radius 1 is 0.406 bits per heavy atom. The van der Waals surface area contributed by atoms with Crippen molar-refractivity contribution in [2.75, 3.05) is 0 Å². The third-order valence-corrected chi connectivity index (χ3v) is 21.5. The van der Waals surface area contributed by atoms with E-state index < -0.39 is 0 Å². The van der Waals surface area contributed by atoms with Crippen LogP contribution >= 0.6 is 11.8 Å². The minimum Gasteiger partial charge on any atom is -0.456 e. The summed E-state index contributed by atoms with van der Waals surface area (Å²) in [5, 5.41) is 0. The zero-order valence-corrected chi connectivity index (χ0v) is 66.4. The highest BCUT2D eigenvalue weighted by Gasteiger charge is 2.29. The molecule has 556 valence electrons. The fraction of sp³-hybridized carbons (Fsp3) is 0.394. The van der Waals surface area contributed by atoms with Gasteiger partial charge in [0.1, 0.15) is 46.2 Å². The molecule has 12 rings (SSSR count). The van der Waals surface area contributed by atoms with Crippen LogP contribution in [0.2, 0.25) is 0 Å². The second kappa shape index (κ2) is 37.8. The van der Waals surface area contributed by atoms with E-state index >= 15 is 0 Å². The lowest BCUT2D eigenvalue weighted by Gasteiger charge is -2.21. The van der Waals surface area contributed by atoms with Crippen molar-refractivity contribution in [2.24, 2.45) is 35.5 Å². The van der Waals surface area contributed by atoms with E-state index in [1.807, 2.05) is 238 Å². The molecule has 4 heterocycles. The largest absolute Gasteiger partial charge is 0.456 e. The van der Waals surface area contributed by atoms with Gasteiger partial charge in [0.05, 0.1) is 5.56 Å². The maximum absolute atomic E-state index is 12.7. The topological polar surface area (TPSA) is 168 Å². The lowest BCUT2D eigenvalue weighted by Crippen LogP contribution is -2.16. The second-order valence-electron chi connectivity index (χ2n) is 30.9. The van der Waals surface area contributed by atoms with Crippen molar-refractivity contribution >= 4 is 64.1 Å². The number of aromatic nitrogens is 1. The molecule has 1 fully saturated rings. The lowest BCUT2D eigenvalue weighted by atomic mass is 9.88. The van der Waals surface area contributed by atoms with Crippen LogP contribution in [0.3, 0.4) is 0 Å². The van der Waals surface area contributed by atoms with E-state index in [1.54, 1.807) is 18.0 Å². The number of pyridine rings is 1. The number of Topliss-reactive ketones (excluding diaryl/α,β-unsaturated/α-hetero) is 8. The lowest BCUT2D eigenvalue weighted by molar-refractivity contribution is -0.123. The molecule has 7 aromatic carbocycles. The summed E-state index contributed by atoms with van der Waals surface area (Å²) in [5.41, 5.74) is 15.1. The van der Waals surface area contributed by atoms with Crippen LogP contribution in [0, 0.1) is 42.4 Å². The molecule has 4 aliphatic rings. The Balaban J connectivity index is 0.000000168. The van der Waals surface area contributed by atoms with Gasteiger partial charge in [0.15, 0.2) is 17.3 Å². The zero-order valence-electron chi connectivity index (χ0n) is 65.6. The van der Waals surface area contributed by atoms with Crippen LogP contribution in [0.25, 0.3) is 6.08 Å². The van der Waals surface area contributed by atoms with Gasteiger partial charge < -0.3 is 9.47 Å². The molecule has 5 unspecified atom stereocenters. The summed E-state index contributed by atoms with van der Waals surface area (Å²) in [5.74, 6) is 4.95. The highest BCUT2D eigenvalue weighted by molar-refractivity contribution is 7.99. The quantitative estimate of drug-likeness (QED) is 0.0747. The summed E-state index contributed by atoms with van der Waals surface area (Å²) in [6.07, 6.45) is 10.1. The normalized spacial score (nSPS) is 15.2. The molecule has 0 bridgehead atoms. The van der Waals surface area contributed by atoms with Gasteiger partial charge >= 0.3 is 0 Å². The van der Waals surface area contributed by atoms with E-state index in [4.69, 9.17) is 9.47 Å². The summed E-state index contributed by atoms with van der Waals surface area (Å²) in [7, 11) is 0. The average Bonchev–Trinajstić information content (AvgIpc) is 1.36. The molecule has 0 amide bonds. The SMILES string of the molecule is CC(C)C(=O)C(C)c1ccc(/C=C2\CCCCC2=O)cc1.CC(C)C(=O)C(C)c1ccc2c(c1)CC(=O)c1ccccc1S2.CC(C)C(=O)C(C)c1ccc2c(c1)Cc1cccnc1O2.CC(C)Cc1ccc(C(C)C(=O)C(C)C)cc1.Cc1ccc2c(c1)CC(=O)c1cc(C(C)C(=O)C(C)C)ccc1O2. The Bertz CT molecular complexity index is 4510. The number of ketones is 8. The first-order valence-corrected chi connectivity index (χ1v) is 38.8. The van der Waals surface area contributed by atoms with Crippen LogP contribution in [0.4, 0.5) is 0 Å². The van der Waals surface area contributed by atoms with Crippen LogP contribution < -0.4 is 9.47 Å². The van der Waals surface area contributed by atoms with E-state index in [2.05, 4.69) is 55.2 Å². The first kappa shape index (κ1) is 82.4. The van der Waals surface area contributed by atoms with E-state index in [-0.39, 0.29) is 99.7 Å². The standard InChI is InChI=1S/C21H22O3.C20H20O2S.C19H24O2.C18H19NO2.C16H24O/c1-12(2)21(23)14(4)15-6-8-20-17(10-15)18(22)11-16-9-13(3)5-7-19(16)24-20;1-12(2)20(22)13(3)14-8-9-18-15(10-14)11-17(21)16-6-4-5-7-19(16)23-18;1-13(2)19(21)14(3)16-10-8-15(9-11-16)12-17-6-4-5-7-18(17)20;1-11(2)17(20)12(3)13-6-7-16-15(9-13)10-14-5-4-8-19-18(14)21-16;1-11(2)10-14-6-8-15(9-7-14)13(5)16(17)12(3)4/h5-10,12,14H,11H2,1-4H3;4-10,12-13H,11H2,1-3H3;8-14H,4-7H2,1-3H3;4-9,11-12H,10H2,1-3H3;6-9,11-13H,10H2,1-5H3/b;;17-12+;;. The average molecular weight is 1440 g/mol. The van der Waals surface area contributed by atoms with Gasteiger partial charge in [-0.2, -0.15) is 0 Å². The first-order valence-electron chi connectivity index (χ1n) is 38.0. The second-order valence-corrected chi connectivity index (χ2v) is 32.0. The Morgan fingerprint density at radius 2 is 0.858 bits per heavy atom. The number of hydrogen-bond acceptors (Lipinski definition) is 12. The molecule has 0 radical (unpaired) electrons. The maximum atomic E-state index is 12.7. The molecular weight excluding hydrogens is 1340 g/mol. The summed E-state index contributed by atoms with van der Waals surface area (Å²) < 4.78 is 11.8. The summed E-state index contributed by atoms with van der Waals surface area (Å²) in [6.45, 7) is 35.6. The number of allylic oxidation sites excluding steroid dienone is 1. The predicted octanol–water partition coefficient (Wildman–Crippen LogP) is 22.6. The number of carbonyl (C=O) groups is 8. The van der Waals surface area contributed by atoms with Crippen molar-refractivity contribution in [1.29, 1.82) is 0 Å².